The summed E-state index contributed by atoms with van der Waals surface area (Å²) in [4.78, 5) is 7.88. The van der Waals surface area contributed by atoms with Crippen LogP contribution in [-0.4, -0.2) is 9.97 Å². The van der Waals surface area contributed by atoms with E-state index in [0.717, 1.165) is 12.2 Å². The highest BCUT2D eigenvalue weighted by Crippen LogP contribution is 2.38. The molecular formula is C15H16N2S. The van der Waals surface area contributed by atoms with Crippen LogP contribution in [0.4, 0.5) is 0 Å². The molecule has 0 unspecified atom stereocenters. The fourth-order valence-electron chi connectivity index (χ4n) is 2.22. The molecule has 0 aliphatic heterocycles. The van der Waals surface area contributed by atoms with Crippen LogP contribution in [0.5, 0.6) is 0 Å². The number of rotatable bonds is 3. The fraction of sp³-hybridized carbons (Fsp3) is 0.333. The molecule has 0 amide bonds. The van der Waals surface area contributed by atoms with Gasteiger partial charge in [-0.2, -0.15) is 0 Å². The van der Waals surface area contributed by atoms with Gasteiger partial charge in [0.2, 0.25) is 0 Å². The Bertz CT molecular complexity index is 626. The minimum Gasteiger partial charge on any atom is -0.347 e. The fourth-order valence-corrected chi connectivity index (χ4v) is 2.45. The van der Waals surface area contributed by atoms with Gasteiger partial charge in [0.05, 0.1) is 0 Å². The van der Waals surface area contributed by atoms with Gasteiger partial charge < -0.3 is 4.98 Å². The van der Waals surface area contributed by atoms with E-state index in [9.17, 15) is 0 Å². The molecule has 0 radical (unpaired) electrons. The van der Waals surface area contributed by atoms with Gasteiger partial charge in [-0.05, 0) is 42.9 Å². The van der Waals surface area contributed by atoms with Crippen LogP contribution in [0.25, 0.3) is 0 Å². The van der Waals surface area contributed by atoms with Crippen LogP contribution < -0.4 is 0 Å². The molecule has 0 saturated heterocycles. The normalized spacial score (nSPS) is 14.7. The van der Waals surface area contributed by atoms with E-state index in [-0.39, 0.29) is 0 Å². The monoisotopic (exact) mass is 256 g/mol. The van der Waals surface area contributed by atoms with Gasteiger partial charge in [0.15, 0.2) is 0 Å². The summed E-state index contributed by atoms with van der Waals surface area (Å²) < 4.78 is 0.708. The number of nitrogens with one attached hydrogen (secondary N) is 1. The third kappa shape index (κ3) is 2.51. The standard InChI is InChI=1S/C15H16N2S/c1-10-4-2-3-5-12(10)8-14-16-13(11-6-7-11)9-15(18)17-14/h2-5,9,11H,6-8H2,1H3,(H,16,17,18). The molecule has 1 saturated carbocycles. The molecule has 0 bridgehead atoms. The lowest BCUT2D eigenvalue weighted by Crippen LogP contribution is -2.01. The molecule has 1 N–H and O–H groups in total. The largest absolute Gasteiger partial charge is 0.347 e. The van der Waals surface area contributed by atoms with Gasteiger partial charge in [-0.1, -0.05) is 36.5 Å². The second-order valence-corrected chi connectivity index (χ2v) is 5.42. The first-order valence-corrected chi connectivity index (χ1v) is 6.78. The maximum Gasteiger partial charge on any atom is 0.130 e. The predicted octanol–water partition coefficient (Wildman–Crippen LogP) is 3.92. The Morgan fingerprint density at radius 2 is 2.11 bits per heavy atom. The number of aromatic amines is 1. The Kier molecular flexibility index (Phi) is 3.00. The quantitative estimate of drug-likeness (QED) is 0.843. The minimum atomic E-state index is 0.685. The molecule has 1 aromatic heterocycles. The molecule has 0 atom stereocenters. The lowest BCUT2D eigenvalue weighted by Gasteiger charge is -2.07. The molecule has 2 aromatic rings. The zero-order valence-electron chi connectivity index (χ0n) is 10.4. The summed E-state index contributed by atoms with van der Waals surface area (Å²) in [7, 11) is 0. The zero-order valence-corrected chi connectivity index (χ0v) is 11.3. The first-order chi connectivity index (χ1) is 8.72. The molecule has 3 heteroatoms. The van der Waals surface area contributed by atoms with Gasteiger partial charge in [0.25, 0.3) is 0 Å². The molecule has 0 spiro atoms. The first kappa shape index (κ1) is 11.6. The molecule has 1 aliphatic carbocycles. The second-order valence-electron chi connectivity index (χ2n) is 5.00. The lowest BCUT2D eigenvalue weighted by molar-refractivity contribution is 0.890. The molecule has 1 aliphatic rings. The molecule has 2 nitrogen and oxygen atoms in total. The van der Waals surface area contributed by atoms with Crippen LogP contribution in [0.15, 0.2) is 30.3 Å². The zero-order chi connectivity index (χ0) is 12.5. The molecule has 92 valence electrons. The van der Waals surface area contributed by atoms with Crippen molar-refractivity contribution in [2.24, 2.45) is 0 Å². The van der Waals surface area contributed by atoms with Crippen LogP contribution >= 0.6 is 12.2 Å². The van der Waals surface area contributed by atoms with Gasteiger partial charge >= 0.3 is 0 Å². The number of aryl methyl sites for hydroxylation is 1. The average molecular weight is 256 g/mol. The summed E-state index contributed by atoms with van der Waals surface area (Å²) in [6, 6.07) is 10.4. The summed E-state index contributed by atoms with van der Waals surface area (Å²) in [6.07, 6.45) is 3.38. The van der Waals surface area contributed by atoms with E-state index < -0.39 is 0 Å². The van der Waals surface area contributed by atoms with E-state index in [4.69, 9.17) is 12.2 Å². The molecule has 1 fully saturated rings. The number of benzene rings is 1. The predicted molar refractivity (Wildman–Crippen MR) is 75.4 cm³/mol. The summed E-state index contributed by atoms with van der Waals surface area (Å²) in [5, 5.41) is 0. The van der Waals surface area contributed by atoms with Gasteiger partial charge in [0, 0.05) is 12.1 Å². The highest BCUT2D eigenvalue weighted by Gasteiger charge is 2.24. The topological polar surface area (TPSA) is 28.7 Å². The van der Waals surface area contributed by atoms with E-state index in [0.29, 0.717) is 10.6 Å². The van der Waals surface area contributed by atoms with Gasteiger partial charge in [0.1, 0.15) is 10.5 Å². The summed E-state index contributed by atoms with van der Waals surface area (Å²) in [6.45, 7) is 2.13. The van der Waals surface area contributed by atoms with Crippen LogP contribution in [0, 0.1) is 11.6 Å². The van der Waals surface area contributed by atoms with Crippen molar-refractivity contribution in [2.45, 2.75) is 32.1 Å². The van der Waals surface area contributed by atoms with E-state index >= 15 is 0 Å². The van der Waals surface area contributed by atoms with Crippen LogP contribution in [0.3, 0.4) is 0 Å². The number of hydrogen-bond acceptors (Lipinski definition) is 2. The number of H-pyrrole nitrogens is 1. The Balaban J connectivity index is 1.93. The number of nitrogens with zero attached hydrogens (tertiary/aromatic N) is 1. The molecular weight excluding hydrogens is 240 g/mol. The van der Waals surface area contributed by atoms with Crippen LogP contribution in [0.1, 0.15) is 41.4 Å². The molecule has 3 rings (SSSR count). The highest BCUT2D eigenvalue weighted by atomic mass is 32.1. The van der Waals surface area contributed by atoms with E-state index in [1.54, 1.807) is 0 Å². The molecule has 1 aromatic carbocycles. The van der Waals surface area contributed by atoms with Crippen LogP contribution in [0.2, 0.25) is 0 Å². The average Bonchev–Trinajstić information content (AvgIpc) is 3.15. The number of aromatic nitrogens is 2. The Morgan fingerprint density at radius 3 is 2.83 bits per heavy atom. The maximum atomic E-state index is 5.25. The third-order valence-electron chi connectivity index (χ3n) is 3.45. The van der Waals surface area contributed by atoms with Crippen LogP contribution in [-0.2, 0) is 6.42 Å². The second kappa shape index (κ2) is 4.65. The minimum absolute atomic E-state index is 0.685. The SMILES string of the molecule is Cc1ccccc1Cc1nc(=S)cc(C2CC2)[nH]1. The van der Waals surface area contributed by atoms with E-state index in [2.05, 4.69) is 41.2 Å². The Morgan fingerprint density at radius 1 is 1.33 bits per heavy atom. The van der Waals surface area contributed by atoms with E-state index in [1.807, 2.05) is 6.07 Å². The lowest BCUT2D eigenvalue weighted by atomic mass is 10.1. The van der Waals surface area contributed by atoms with Crippen molar-refractivity contribution >= 4 is 12.2 Å². The van der Waals surface area contributed by atoms with Gasteiger partial charge in [-0.3, -0.25) is 0 Å². The van der Waals surface area contributed by atoms with Crippen molar-refractivity contribution in [3.8, 4) is 0 Å². The molecule has 18 heavy (non-hydrogen) atoms. The highest BCUT2D eigenvalue weighted by molar-refractivity contribution is 7.71. The Hall–Kier alpha value is -1.48. The number of hydrogen-bond donors (Lipinski definition) is 1. The van der Waals surface area contributed by atoms with Crippen molar-refractivity contribution in [3.05, 3.63) is 57.6 Å². The van der Waals surface area contributed by atoms with Crippen molar-refractivity contribution < 1.29 is 0 Å². The summed E-state index contributed by atoms with van der Waals surface area (Å²) in [5.74, 6) is 1.67. The first-order valence-electron chi connectivity index (χ1n) is 6.37. The van der Waals surface area contributed by atoms with Gasteiger partial charge in [-0.25, -0.2) is 4.98 Å². The summed E-state index contributed by atoms with van der Waals surface area (Å²) in [5.41, 5.74) is 3.87. The third-order valence-corrected chi connectivity index (χ3v) is 3.66. The smallest absolute Gasteiger partial charge is 0.130 e. The van der Waals surface area contributed by atoms with Crippen molar-refractivity contribution in [3.63, 3.8) is 0 Å². The van der Waals surface area contributed by atoms with Crippen molar-refractivity contribution in [2.75, 3.05) is 0 Å². The van der Waals surface area contributed by atoms with Gasteiger partial charge in [-0.15, -0.1) is 0 Å². The van der Waals surface area contributed by atoms with E-state index in [1.165, 1.54) is 29.7 Å². The summed E-state index contributed by atoms with van der Waals surface area (Å²) >= 11 is 5.25. The Labute approximate surface area is 112 Å². The van der Waals surface area contributed by atoms with Crippen molar-refractivity contribution in [1.82, 2.24) is 9.97 Å². The van der Waals surface area contributed by atoms with Crippen molar-refractivity contribution in [1.29, 1.82) is 0 Å². The molecule has 1 heterocycles. The maximum absolute atomic E-state index is 5.25.